The molecule has 15 heteroatoms. The summed E-state index contributed by atoms with van der Waals surface area (Å²) in [6, 6.07) is 9.82. The average molecular weight is 644 g/mol. The molecule has 44 heavy (non-hydrogen) atoms. The van der Waals surface area contributed by atoms with Crippen molar-refractivity contribution in [1.82, 2.24) is 19.7 Å². The highest BCUT2D eigenvalue weighted by Gasteiger charge is 2.40. The number of nitrogens with two attached hydrogens (primary N) is 1. The summed E-state index contributed by atoms with van der Waals surface area (Å²) in [5.74, 6) is -3.31. The number of nitrogens with one attached hydrogen (secondary N) is 2. The van der Waals surface area contributed by atoms with Gasteiger partial charge >= 0.3 is 0 Å². The Balaban J connectivity index is 1.35. The van der Waals surface area contributed by atoms with Gasteiger partial charge in [-0.3, -0.25) is 19.2 Å². The van der Waals surface area contributed by atoms with E-state index in [1.165, 1.54) is 12.1 Å². The Morgan fingerprint density at radius 3 is 2.59 bits per heavy atom. The number of fused-ring (bicyclic) bond motifs is 1. The highest BCUT2D eigenvalue weighted by molar-refractivity contribution is 7.22. The van der Waals surface area contributed by atoms with E-state index >= 15 is 4.39 Å². The summed E-state index contributed by atoms with van der Waals surface area (Å²) in [6.45, 7) is 1.08. The van der Waals surface area contributed by atoms with Gasteiger partial charge in [-0.2, -0.15) is 10.1 Å². The zero-order valence-corrected chi connectivity index (χ0v) is 25.1. The Kier molecular flexibility index (Phi) is 9.20. The second-order valence-corrected chi connectivity index (χ2v) is 11.6. The molecule has 0 saturated carbocycles. The van der Waals surface area contributed by atoms with Crippen LogP contribution in [-0.4, -0.2) is 62.1 Å². The van der Waals surface area contributed by atoms with Crippen LogP contribution in [0.4, 0.5) is 19.6 Å². The quantitative estimate of drug-likeness (QED) is 0.227. The molecule has 230 valence electrons. The van der Waals surface area contributed by atoms with Crippen LogP contribution in [0.1, 0.15) is 43.1 Å². The maximum Gasteiger partial charge on any atom is 0.270 e. The van der Waals surface area contributed by atoms with Gasteiger partial charge in [0.25, 0.3) is 5.91 Å². The lowest BCUT2D eigenvalue weighted by Crippen LogP contribution is -2.44. The van der Waals surface area contributed by atoms with E-state index in [0.717, 1.165) is 27.3 Å². The van der Waals surface area contributed by atoms with Crippen LogP contribution >= 0.6 is 22.9 Å². The number of rotatable bonds is 10. The molecular formula is C29H28ClF2N7O4S. The Morgan fingerprint density at radius 1 is 1.11 bits per heavy atom. The number of anilines is 2. The predicted molar refractivity (Wildman–Crippen MR) is 163 cm³/mol. The van der Waals surface area contributed by atoms with Crippen molar-refractivity contribution in [2.24, 2.45) is 5.73 Å². The lowest BCUT2D eigenvalue weighted by atomic mass is 10.0. The third kappa shape index (κ3) is 6.40. The molecule has 4 N–H and O–H groups in total. The van der Waals surface area contributed by atoms with Crippen LogP contribution in [0.5, 0.6) is 0 Å². The van der Waals surface area contributed by atoms with Gasteiger partial charge < -0.3 is 21.3 Å². The summed E-state index contributed by atoms with van der Waals surface area (Å²) in [5.41, 5.74) is 5.89. The van der Waals surface area contributed by atoms with Crippen LogP contribution in [0.3, 0.4) is 0 Å². The van der Waals surface area contributed by atoms with E-state index in [1.807, 2.05) is 6.92 Å². The number of primary amides is 1. The van der Waals surface area contributed by atoms with Crippen molar-refractivity contribution >= 4 is 67.7 Å². The van der Waals surface area contributed by atoms with Gasteiger partial charge in [0.1, 0.15) is 23.5 Å². The molecule has 0 unspecified atom stereocenters. The van der Waals surface area contributed by atoms with E-state index in [-0.39, 0.29) is 57.7 Å². The summed E-state index contributed by atoms with van der Waals surface area (Å²) in [6.07, 6.45) is 0.00346. The second kappa shape index (κ2) is 13.1. The number of thiazole rings is 1. The standard InChI is InChI=1S/C29H28ClF2N7O4S/c1-2-3-11-21(40)35-29-36-27-25(44-29)24(26(33)42)37-39(27)14-22(41)38-13-15(31)12-20(38)28(43)34-19-10-6-8-17(23(19)32)16-7-4-5-9-18(16)30/h4-10,15,20H,2-3,11-14H2,1H3,(H2,33,42)(H,34,43)(H,35,36,40)/t15-,20+/m1/s1. The SMILES string of the molecule is CCCCC(=O)Nc1nc2c(s1)c(C(N)=O)nn2CC(=O)N1C[C@H](F)C[C@H]1C(=O)Nc1cccc(-c2ccccc2Cl)c1F. The highest BCUT2D eigenvalue weighted by atomic mass is 35.5. The molecule has 11 nitrogen and oxygen atoms in total. The van der Waals surface area contributed by atoms with Gasteiger partial charge in [-0.15, -0.1) is 0 Å². The summed E-state index contributed by atoms with van der Waals surface area (Å²) >= 11 is 7.21. The van der Waals surface area contributed by atoms with Gasteiger partial charge in [0.15, 0.2) is 22.3 Å². The van der Waals surface area contributed by atoms with Gasteiger partial charge in [0.05, 0.1) is 12.2 Å². The second-order valence-electron chi connectivity index (χ2n) is 10.2. The molecular weight excluding hydrogens is 616 g/mol. The van der Waals surface area contributed by atoms with E-state index < -0.39 is 42.3 Å². The van der Waals surface area contributed by atoms with Gasteiger partial charge in [0, 0.05) is 29.0 Å². The molecule has 3 heterocycles. The molecule has 0 spiro atoms. The molecule has 0 radical (unpaired) electrons. The molecule has 2 aromatic heterocycles. The number of unbranched alkanes of at least 4 members (excludes halogenated alkanes) is 1. The number of halogens is 3. The first-order valence-corrected chi connectivity index (χ1v) is 15.0. The predicted octanol–water partition coefficient (Wildman–Crippen LogP) is 4.76. The van der Waals surface area contributed by atoms with Crippen LogP contribution in [0.15, 0.2) is 42.5 Å². The van der Waals surface area contributed by atoms with Crippen molar-refractivity contribution in [3.63, 3.8) is 0 Å². The van der Waals surface area contributed by atoms with E-state index in [2.05, 4.69) is 20.7 Å². The molecule has 1 aliphatic rings. The van der Waals surface area contributed by atoms with Gasteiger partial charge in [-0.25, -0.2) is 13.5 Å². The summed E-state index contributed by atoms with van der Waals surface area (Å²) in [4.78, 5) is 56.3. The topological polar surface area (TPSA) is 152 Å². The number of nitrogens with zero attached hydrogens (tertiary/aromatic N) is 4. The first-order chi connectivity index (χ1) is 21.1. The molecule has 4 aromatic rings. The summed E-state index contributed by atoms with van der Waals surface area (Å²) in [7, 11) is 0. The van der Waals surface area contributed by atoms with Crippen LogP contribution in [0, 0.1) is 5.82 Å². The van der Waals surface area contributed by atoms with Crippen molar-refractivity contribution in [3.8, 4) is 11.1 Å². The van der Waals surface area contributed by atoms with Crippen LogP contribution in [-0.2, 0) is 20.9 Å². The molecule has 1 saturated heterocycles. The monoisotopic (exact) mass is 643 g/mol. The Bertz CT molecular complexity index is 1760. The normalized spacial score (nSPS) is 16.3. The number of alkyl halides is 1. The first-order valence-electron chi connectivity index (χ1n) is 13.8. The van der Waals surface area contributed by atoms with Crippen molar-refractivity contribution in [3.05, 3.63) is 59.0 Å². The summed E-state index contributed by atoms with van der Waals surface area (Å²) in [5, 5.41) is 9.79. The summed E-state index contributed by atoms with van der Waals surface area (Å²) < 4.78 is 31.5. The molecule has 1 fully saturated rings. The third-order valence-electron chi connectivity index (χ3n) is 7.11. The Hall–Kier alpha value is -4.43. The Morgan fingerprint density at radius 2 is 1.86 bits per heavy atom. The zero-order valence-electron chi connectivity index (χ0n) is 23.5. The molecule has 2 atom stereocenters. The minimum Gasteiger partial charge on any atom is -0.364 e. The number of carbonyl (C=O) groups excluding carboxylic acids is 4. The number of likely N-dealkylation sites (tertiary alicyclic amines) is 1. The van der Waals surface area contributed by atoms with Crippen LogP contribution in [0.2, 0.25) is 5.02 Å². The highest BCUT2D eigenvalue weighted by Crippen LogP contribution is 2.34. The van der Waals surface area contributed by atoms with Gasteiger partial charge in [0.2, 0.25) is 17.7 Å². The lowest BCUT2D eigenvalue weighted by Gasteiger charge is -2.24. The van der Waals surface area contributed by atoms with E-state index in [9.17, 15) is 23.6 Å². The van der Waals surface area contributed by atoms with Crippen LogP contribution < -0.4 is 16.4 Å². The smallest absolute Gasteiger partial charge is 0.270 e. The number of benzene rings is 2. The van der Waals surface area contributed by atoms with Crippen molar-refractivity contribution in [2.75, 3.05) is 17.2 Å². The lowest BCUT2D eigenvalue weighted by molar-refractivity contribution is -0.137. The molecule has 4 amide bonds. The first kappa shape index (κ1) is 31.0. The van der Waals surface area contributed by atoms with Crippen LogP contribution in [0.25, 0.3) is 21.5 Å². The minimum atomic E-state index is -1.50. The molecule has 0 bridgehead atoms. The molecule has 5 rings (SSSR count). The van der Waals surface area contributed by atoms with Crippen molar-refractivity contribution in [1.29, 1.82) is 0 Å². The number of aromatic nitrogens is 3. The maximum absolute atomic E-state index is 15.5. The van der Waals surface area contributed by atoms with Gasteiger partial charge in [-0.1, -0.05) is 66.6 Å². The van der Waals surface area contributed by atoms with Crippen molar-refractivity contribution in [2.45, 2.75) is 51.4 Å². The zero-order chi connectivity index (χ0) is 31.5. The third-order valence-corrected chi connectivity index (χ3v) is 8.40. The number of hydrogen-bond donors (Lipinski definition) is 3. The fourth-order valence-corrected chi connectivity index (χ4v) is 6.17. The average Bonchev–Trinajstić information content (AvgIpc) is 3.67. The fourth-order valence-electron chi connectivity index (χ4n) is 4.96. The number of amides is 4. The minimum absolute atomic E-state index is 0.124. The van der Waals surface area contributed by atoms with Crippen molar-refractivity contribution < 1.29 is 28.0 Å². The van der Waals surface area contributed by atoms with E-state index in [0.29, 0.717) is 17.0 Å². The molecule has 2 aromatic carbocycles. The fraction of sp³-hybridized carbons (Fsp3) is 0.310. The largest absolute Gasteiger partial charge is 0.364 e. The van der Waals surface area contributed by atoms with E-state index in [1.54, 1.807) is 30.3 Å². The number of carbonyl (C=O) groups is 4. The number of hydrogen-bond acceptors (Lipinski definition) is 7. The van der Waals surface area contributed by atoms with E-state index in [4.69, 9.17) is 17.3 Å². The molecule has 0 aliphatic carbocycles. The maximum atomic E-state index is 15.5. The molecule has 1 aliphatic heterocycles. The van der Waals surface area contributed by atoms with Gasteiger partial charge in [-0.05, 0) is 18.6 Å². The Labute approximate surface area is 259 Å².